The average molecular weight is 276 g/mol. The van der Waals surface area contributed by atoms with Crippen LogP contribution in [-0.2, 0) is 6.54 Å². The van der Waals surface area contributed by atoms with Crippen molar-refractivity contribution in [2.75, 3.05) is 5.32 Å². The van der Waals surface area contributed by atoms with Crippen LogP contribution in [0.25, 0.3) is 0 Å². The van der Waals surface area contributed by atoms with Gasteiger partial charge in [0.15, 0.2) is 0 Å². The number of hydrogen-bond acceptors (Lipinski definition) is 3. The zero-order valence-electron chi connectivity index (χ0n) is 11.6. The Balaban J connectivity index is 1.66. The summed E-state index contributed by atoms with van der Waals surface area (Å²) in [7, 11) is 0. The minimum Gasteiger partial charge on any atom is -0.457 e. The summed E-state index contributed by atoms with van der Waals surface area (Å²) in [4.78, 5) is 4.11. The van der Waals surface area contributed by atoms with Gasteiger partial charge in [0.1, 0.15) is 11.5 Å². The fourth-order valence-electron chi connectivity index (χ4n) is 2.00. The first-order chi connectivity index (χ1) is 10.4. The van der Waals surface area contributed by atoms with E-state index in [-0.39, 0.29) is 0 Å². The first-order valence-electron chi connectivity index (χ1n) is 6.86. The van der Waals surface area contributed by atoms with E-state index >= 15 is 0 Å². The Labute approximate surface area is 124 Å². The number of pyridine rings is 1. The number of rotatable bonds is 5. The molecule has 3 nitrogen and oxygen atoms in total. The maximum atomic E-state index is 5.82. The van der Waals surface area contributed by atoms with Crippen LogP contribution in [-0.4, -0.2) is 4.98 Å². The molecule has 0 atom stereocenters. The number of aromatic nitrogens is 1. The molecular weight excluding hydrogens is 260 g/mol. The smallest absolute Gasteiger partial charge is 0.129 e. The van der Waals surface area contributed by atoms with E-state index in [4.69, 9.17) is 4.74 Å². The fraction of sp³-hybridized carbons (Fsp3) is 0.0556. The lowest BCUT2D eigenvalue weighted by Crippen LogP contribution is -1.99. The molecule has 21 heavy (non-hydrogen) atoms. The molecule has 0 aliphatic carbocycles. The van der Waals surface area contributed by atoms with E-state index in [0.717, 1.165) is 29.3 Å². The van der Waals surface area contributed by atoms with E-state index in [0.29, 0.717) is 0 Å². The molecule has 0 amide bonds. The standard InChI is InChI=1S/C18H16N2O/c1-2-8-17(9-3-1)21-18-10-4-7-16(12-18)20-14-15-6-5-11-19-13-15/h1-13,20H,14H2. The number of nitrogens with one attached hydrogen (secondary N) is 1. The Morgan fingerprint density at radius 1 is 0.857 bits per heavy atom. The first-order valence-corrected chi connectivity index (χ1v) is 6.86. The molecule has 3 aromatic rings. The lowest BCUT2D eigenvalue weighted by molar-refractivity contribution is 0.483. The van der Waals surface area contributed by atoms with Gasteiger partial charge in [-0.3, -0.25) is 4.98 Å². The topological polar surface area (TPSA) is 34.1 Å². The summed E-state index contributed by atoms with van der Waals surface area (Å²) < 4.78 is 5.82. The SMILES string of the molecule is c1ccc(Oc2cccc(NCc3cccnc3)c2)cc1. The third kappa shape index (κ3) is 3.83. The van der Waals surface area contributed by atoms with Crippen molar-refractivity contribution in [3.63, 3.8) is 0 Å². The van der Waals surface area contributed by atoms with E-state index in [1.54, 1.807) is 6.20 Å². The van der Waals surface area contributed by atoms with Gasteiger partial charge in [-0.2, -0.15) is 0 Å². The monoisotopic (exact) mass is 276 g/mol. The van der Waals surface area contributed by atoms with Crippen LogP contribution in [0.5, 0.6) is 11.5 Å². The van der Waals surface area contributed by atoms with Crippen LogP contribution in [0.15, 0.2) is 79.1 Å². The molecule has 1 heterocycles. The second-order valence-corrected chi connectivity index (χ2v) is 4.66. The Morgan fingerprint density at radius 3 is 2.52 bits per heavy atom. The quantitative estimate of drug-likeness (QED) is 0.745. The fourth-order valence-corrected chi connectivity index (χ4v) is 2.00. The maximum absolute atomic E-state index is 5.82. The van der Waals surface area contributed by atoms with Crippen molar-refractivity contribution in [2.24, 2.45) is 0 Å². The number of hydrogen-bond donors (Lipinski definition) is 1. The Bertz CT molecular complexity index is 684. The van der Waals surface area contributed by atoms with Crippen LogP contribution < -0.4 is 10.1 Å². The molecule has 1 aromatic heterocycles. The molecule has 0 radical (unpaired) electrons. The van der Waals surface area contributed by atoms with Crippen LogP contribution in [0, 0.1) is 0 Å². The van der Waals surface area contributed by atoms with Crippen LogP contribution >= 0.6 is 0 Å². The molecule has 104 valence electrons. The molecule has 0 bridgehead atoms. The van der Waals surface area contributed by atoms with Crippen molar-refractivity contribution < 1.29 is 4.74 Å². The summed E-state index contributed by atoms with van der Waals surface area (Å²) in [6.45, 7) is 0.739. The third-order valence-corrected chi connectivity index (χ3v) is 3.03. The van der Waals surface area contributed by atoms with Crippen molar-refractivity contribution in [1.82, 2.24) is 4.98 Å². The van der Waals surface area contributed by atoms with Gasteiger partial charge in [0, 0.05) is 30.7 Å². The second kappa shape index (κ2) is 6.57. The van der Waals surface area contributed by atoms with Crippen LogP contribution in [0.2, 0.25) is 0 Å². The lowest BCUT2D eigenvalue weighted by Gasteiger charge is -2.09. The van der Waals surface area contributed by atoms with Crippen molar-refractivity contribution in [3.05, 3.63) is 84.7 Å². The highest BCUT2D eigenvalue weighted by Gasteiger charge is 1.99. The molecule has 0 fully saturated rings. The largest absolute Gasteiger partial charge is 0.457 e. The zero-order valence-corrected chi connectivity index (χ0v) is 11.6. The van der Waals surface area contributed by atoms with Crippen molar-refractivity contribution in [2.45, 2.75) is 6.54 Å². The van der Waals surface area contributed by atoms with Crippen molar-refractivity contribution in [3.8, 4) is 11.5 Å². The lowest BCUT2D eigenvalue weighted by atomic mass is 10.2. The molecule has 2 aromatic carbocycles. The molecule has 1 N–H and O–H groups in total. The molecule has 0 spiro atoms. The van der Waals surface area contributed by atoms with Crippen LogP contribution in [0.4, 0.5) is 5.69 Å². The number of para-hydroxylation sites is 1. The Hall–Kier alpha value is -2.81. The average Bonchev–Trinajstić information content (AvgIpc) is 2.55. The van der Waals surface area contributed by atoms with Gasteiger partial charge in [0.05, 0.1) is 0 Å². The van der Waals surface area contributed by atoms with E-state index in [1.807, 2.05) is 72.9 Å². The highest BCUT2D eigenvalue weighted by molar-refractivity contribution is 5.49. The van der Waals surface area contributed by atoms with Gasteiger partial charge in [-0.15, -0.1) is 0 Å². The first kappa shape index (κ1) is 13.2. The highest BCUT2D eigenvalue weighted by Crippen LogP contribution is 2.24. The van der Waals surface area contributed by atoms with Crippen LogP contribution in [0.1, 0.15) is 5.56 Å². The third-order valence-electron chi connectivity index (χ3n) is 3.03. The normalized spacial score (nSPS) is 10.1. The summed E-state index contributed by atoms with van der Waals surface area (Å²) in [6, 6.07) is 21.7. The Kier molecular flexibility index (Phi) is 4.12. The zero-order chi connectivity index (χ0) is 14.3. The number of ether oxygens (including phenoxy) is 1. The van der Waals surface area contributed by atoms with Crippen LogP contribution in [0.3, 0.4) is 0 Å². The van der Waals surface area contributed by atoms with Gasteiger partial charge in [-0.1, -0.05) is 30.3 Å². The number of nitrogens with zero attached hydrogens (tertiary/aromatic N) is 1. The maximum Gasteiger partial charge on any atom is 0.129 e. The van der Waals surface area contributed by atoms with Crippen molar-refractivity contribution in [1.29, 1.82) is 0 Å². The summed E-state index contributed by atoms with van der Waals surface area (Å²) in [5, 5.41) is 3.37. The summed E-state index contributed by atoms with van der Waals surface area (Å²) in [6.07, 6.45) is 3.63. The second-order valence-electron chi connectivity index (χ2n) is 4.66. The molecule has 0 aliphatic rings. The molecule has 0 saturated heterocycles. The molecule has 3 heteroatoms. The van der Waals surface area contributed by atoms with Gasteiger partial charge in [-0.25, -0.2) is 0 Å². The van der Waals surface area contributed by atoms with Crippen molar-refractivity contribution >= 4 is 5.69 Å². The van der Waals surface area contributed by atoms with E-state index in [2.05, 4.69) is 10.3 Å². The molecule has 0 saturated carbocycles. The van der Waals surface area contributed by atoms with Gasteiger partial charge < -0.3 is 10.1 Å². The van der Waals surface area contributed by atoms with Gasteiger partial charge in [0.25, 0.3) is 0 Å². The molecule has 0 aliphatic heterocycles. The van der Waals surface area contributed by atoms with Gasteiger partial charge >= 0.3 is 0 Å². The van der Waals surface area contributed by atoms with E-state index < -0.39 is 0 Å². The minimum absolute atomic E-state index is 0.739. The highest BCUT2D eigenvalue weighted by atomic mass is 16.5. The molecule has 0 unspecified atom stereocenters. The number of anilines is 1. The molecular formula is C18H16N2O. The van der Waals surface area contributed by atoms with E-state index in [9.17, 15) is 0 Å². The number of benzene rings is 2. The Morgan fingerprint density at radius 2 is 1.71 bits per heavy atom. The van der Waals surface area contributed by atoms with Gasteiger partial charge in [0.2, 0.25) is 0 Å². The predicted octanol–water partition coefficient (Wildman–Crippen LogP) is 4.49. The summed E-state index contributed by atoms with van der Waals surface area (Å²) >= 11 is 0. The van der Waals surface area contributed by atoms with Gasteiger partial charge in [-0.05, 0) is 35.9 Å². The molecule has 3 rings (SSSR count). The summed E-state index contributed by atoms with van der Waals surface area (Å²) in [5.41, 5.74) is 2.17. The predicted molar refractivity (Wildman–Crippen MR) is 84.5 cm³/mol. The minimum atomic E-state index is 0.739. The van der Waals surface area contributed by atoms with E-state index in [1.165, 1.54) is 0 Å². The summed E-state index contributed by atoms with van der Waals surface area (Å²) in [5.74, 6) is 1.65.